The average Bonchev–Trinajstić information content (AvgIpc) is 2.69. The van der Waals surface area contributed by atoms with Crippen LogP contribution in [0, 0.1) is 0 Å². The molecule has 0 atom stereocenters. The molecule has 1 aliphatic rings. The van der Waals surface area contributed by atoms with Gasteiger partial charge in [0.1, 0.15) is 0 Å². The zero-order chi connectivity index (χ0) is 14.0. The maximum Gasteiger partial charge on any atom is 0.253 e. The maximum absolute atomic E-state index is 11.3. The van der Waals surface area contributed by atoms with Gasteiger partial charge in [0, 0.05) is 31.7 Å². The first-order valence-electron chi connectivity index (χ1n) is 6.45. The number of nitrogens with one attached hydrogen (secondary N) is 1. The summed E-state index contributed by atoms with van der Waals surface area (Å²) in [4.78, 5) is 34.7. The van der Waals surface area contributed by atoms with Crippen LogP contribution < -0.4 is 5.32 Å². The summed E-state index contributed by atoms with van der Waals surface area (Å²) in [5.74, 6) is -0.807. The van der Waals surface area contributed by atoms with E-state index in [0.29, 0.717) is 6.54 Å². The number of unbranched alkanes of at least 4 members (excludes halogenated alkanes) is 1. The van der Waals surface area contributed by atoms with Crippen molar-refractivity contribution in [2.45, 2.75) is 40.0 Å². The molecular formula is C13H22N2O3. The topological polar surface area (TPSA) is 66.5 Å². The molecule has 0 aliphatic carbocycles. The molecule has 0 radical (unpaired) electrons. The number of hydrogen-bond donors (Lipinski definition) is 1. The second-order valence-electron chi connectivity index (χ2n) is 3.61. The van der Waals surface area contributed by atoms with E-state index in [9.17, 15) is 14.4 Å². The molecular weight excluding hydrogens is 232 g/mol. The molecule has 0 spiro atoms. The fourth-order valence-corrected chi connectivity index (χ4v) is 1.36. The van der Waals surface area contributed by atoms with Crippen LogP contribution in [0.5, 0.6) is 0 Å². The molecule has 0 saturated heterocycles. The second-order valence-corrected chi connectivity index (χ2v) is 3.61. The highest BCUT2D eigenvalue weighted by Gasteiger charge is 2.23. The first-order chi connectivity index (χ1) is 8.65. The van der Waals surface area contributed by atoms with Crippen molar-refractivity contribution < 1.29 is 14.4 Å². The zero-order valence-corrected chi connectivity index (χ0v) is 11.4. The van der Waals surface area contributed by atoms with E-state index >= 15 is 0 Å². The molecule has 1 aliphatic heterocycles. The van der Waals surface area contributed by atoms with Gasteiger partial charge in [-0.05, 0) is 6.42 Å². The smallest absolute Gasteiger partial charge is 0.253 e. The van der Waals surface area contributed by atoms with Crippen molar-refractivity contribution >= 4 is 17.7 Å². The molecule has 102 valence electrons. The summed E-state index contributed by atoms with van der Waals surface area (Å²) >= 11 is 0. The molecule has 0 unspecified atom stereocenters. The van der Waals surface area contributed by atoms with Gasteiger partial charge in [-0.3, -0.25) is 19.3 Å². The van der Waals surface area contributed by atoms with Gasteiger partial charge in [-0.25, -0.2) is 0 Å². The van der Waals surface area contributed by atoms with Gasteiger partial charge in [0.25, 0.3) is 11.8 Å². The Morgan fingerprint density at radius 3 is 2.28 bits per heavy atom. The Morgan fingerprint density at radius 1 is 1.22 bits per heavy atom. The highest BCUT2D eigenvalue weighted by Crippen LogP contribution is 2.03. The van der Waals surface area contributed by atoms with Gasteiger partial charge in [-0.15, -0.1) is 0 Å². The molecule has 1 rings (SSSR count). The molecule has 5 heteroatoms. The van der Waals surface area contributed by atoms with Crippen LogP contribution in [0.3, 0.4) is 0 Å². The van der Waals surface area contributed by atoms with Crippen molar-refractivity contribution in [1.82, 2.24) is 10.2 Å². The van der Waals surface area contributed by atoms with Crippen LogP contribution in [-0.4, -0.2) is 35.7 Å². The lowest BCUT2D eigenvalue weighted by molar-refractivity contribution is -0.137. The van der Waals surface area contributed by atoms with Crippen molar-refractivity contribution in [3.63, 3.8) is 0 Å². The fraction of sp³-hybridized carbons (Fsp3) is 0.615. The summed E-state index contributed by atoms with van der Waals surface area (Å²) < 4.78 is 0. The standard InChI is InChI=1S/C11H16N2O3.C2H6/c1-2-3-7-12-9(14)6-8-13-10(15)4-5-11(13)16;1-2/h4-5H,2-3,6-8H2,1H3,(H,12,14);1-2H3. The Labute approximate surface area is 108 Å². The van der Waals surface area contributed by atoms with E-state index in [0.717, 1.165) is 17.7 Å². The molecule has 0 saturated carbocycles. The van der Waals surface area contributed by atoms with Crippen molar-refractivity contribution in [2.75, 3.05) is 13.1 Å². The van der Waals surface area contributed by atoms with E-state index in [1.165, 1.54) is 12.2 Å². The quantitative estimate of drug-likeness (QED) is 0.573. The summed E-state index contributed by atoms with van der Waals surface area (Å²) in [6.45, 7) is 6.84. The summed E-state index contributed by atoms with van der Waals surface area (Å²) in [6.07, 6.45) is 4.57. The van der Waals surface area contributed by atoms with Gasteiger partial charge >= 0.3 is 0 Å². The molecule has 1 N–H and O–H groups in total. The molecule has 0 aromatic rings. The van der Waals surface area contributed by atoms with Crippen LogP contribution in [0.4, 0.5) is 0 Å². The highest BCUT2D eigenvalue weighted by molar-refractivity contribution is 6.13. The Bertz CT molecular complexity index is 306. The number of carbonyl (C=O) groups excluding carboxylic acids is 3. The number of hydrogen-bond acceptors (Lipinski definition) is 3. The van der Waals surface area contributed by atoms with Crippen LogP contribution in [0.2, 0.25) is 0 Å². The molecule has 3 amide bonds. The molecule has 0 aromatic carbocycles. The first-order valence-corrected chi connectivity index (χ1v) is 6.45. The highest BCUT2D eigenvalue weighted by atomic mass is 16.2. The molecule has 0 aromatic heterocycles. The van der Waals surface area contributed by atoms with E-state index in [-0.39, 0.29) is 30.7 Å². The van der Waals surface area contributed by atoms with Gasteiger partial charge in [0.05, 0.1) is 0 Å². The van der Waals surface area contributed by atoms with E-state index in [1.807, 2.05) is 20.8 Å². The predicted octanol–water partition coefficient (Wildman–Crippen LogP) is 1.24. The summed E-state index contributed by atoms with van der Waals surface area (Å²) in [5.41, 5.74) is 0. The van der Waals surface area contributed by atoms with Crippen molar-refractivity contribution in [1.29, 1.82) is 0 Å². The van der Waals surface area contributed by atoms with E-state index in [1.54, 1.807) is 0 Å². The normalized spacial score (nSPS) is 13.4. The fourth-order valence-electron chi connectivity index (χ4n) is 1.36. The zero-order valence-electron chi connectivity index (χ0n) is 11.4. The number of amides is 3. The monoisotopic (exact) mass is 254 g/mol. The van der Waals surface area contributed by atoms with Gasteiger partial charge in [0.2, 0.25) is 5.91 Å². The van der Waals surface area contributed by atoms with Crippen molar-refractivity contribution in [3.8, 4) is 0 Å². The predicted molar refractivity (Wildman–Crippen MR) is 69.7 cm³/mol. The Balaban J connectivity index is 0.00000137. The minimum atomic E-state index is -0.341. The van der Waals surface area contributed by atoms with Gasteiger partial charge in [0.15, 0.2) is 0 Å². The van der Waals surface area contributed by atoms with Crippen LogP contribution >= 0.6 is 0 Å². The number of imide groups is 1. The lowest BCUT2D eigenvalue weighted by Gasteiger charge is -2.13. The number of nitrogens with zero attached hydrogens (tertiary/aromatic N) is 1. The van der Waals surface area contributed by atoms with Crippen LogP contribution in [0.15, 0.2) is 12.2 Å². The lowest BCUT2D eigenvalue weighted by atomic mass is 10.3. The van der Waals surface area contributed by atoms with Crippen molar-refractivity contribution in [3.05, 3.63) is 12.2 Å². The first kappa shape index (κ1) is 16.4. The summed E-state index contributed by atoms with van der Waals surface area (Å²) in [5, 5.41) is 2.73. The third-order valence-electron chi connectivity index (χ3n) is 2.32. The van der Waals surface area contributed by atoms with Crippen molar-refractivity contribution in [2.24, 2.45) is 0 Å². The molecule has 0 bridgehead atoms. The maximum atomic E-state index is 11.3. The minimum Gasteiger partial charge on any atom is -0.356 e. The van der Waals surface area contributed by atoms with E-state index in [2.05, 4.69) is 5.32 Å². The molecule has 18 heavy (non-hydrogen) atoms. The second kappa shape index (κ2) is 9.39. The molecule has 1 heterocycles. The van der Waals surface area contributed by atoms with Crippen LogP contribution in [0.1, 0.15) is 40.0 Å². The van der Waals surface area contributed by atoms with Gasteiger partial charge < -0.3 is 5.32 Å². The minimum absolute atomic E-state index is 0.124. The summed E-state index contributed by atoms with van der Waals surface area (Å²) in [7, 11) is 0. The third-order valence-corrected chi connectivity index (χ3v) is 2.32. The summed E-state index contributed by atoms with van der Waals surface area (Å²) in [6, 6.07) is 0. The third kappa shape index (κ3) is 5.61. The lowest BCUT2D eigenvalue weighted by Crippen LogP contribution is -2.34. The Morgan fingerprint density at radius 2 is 1.78 bits per heavy atom. The van der Waals surface area contributed by atoms with Crippen LogP contribution in [0.25, 0.3) is 0 Å². The Kier molecular flexibility index (Phi) is 8.53. The number of carbonyl (C=O) groups is 3. The molecule has 5 nitrogen and oxygen atoms in total. The largest absolute Gasteiger partial charge is 0.356 e. The van der Waals surface area contributed by atoms with E-state index < -0.39 is 0 Å². The van der Waals surface area contributed by atoms with Gasteiger partial charge in [-0.2, -0.15) is 0 Å². The van der Waals surface area contributed by atoms with E-state index in [4.69, 9.17) is 0 Å². The molecule has 0 fully saturated rings. The Hall–Kier alpha value is -1.65. The van der Waals surface area contributed by atoms with Gasteiger partial charge in [-0.1, -0.05) is 27.2 Å². The SMILES string of the molecule is CC.CCCCNC(=O)CCN1C(=O)C=CC1=O. The average molecular weight is 254 g/mol. The van der Waals surface area contributed by atoms with Crippen LogP contribution in [-0.2, 0) is 14.4 Å². The number of rotatable bonds is 6.